The van der Waals surface area contributed by atoms with Crippen LogP contribution in [0.2, 0.25) is 0 Å². The number of rotatable bonds is 3. The van der Waals surface area contributed by atoms with E-state index in [1.165, 1.54) is 5.56 Å². The van der Waals surface area contributed by atoms with Crippen molar-refractivity contribution in [3.05, 3.63) is 53.7 Å². The molecule has 0 bridgehead atoms. The van der Waals surface area contributed by atoms with Crippen molar-refractivity contribution < 1.29 is 0 Å². The Morgan fingerprint density at radius 3 is 2.44 bits per heavy atom. The number of aryl methyl sites for hydroxylation is 1. The van der Waals surface area contributed by atoms with Crippen LogP contribution in [-0.4, -0.2) is 4.98 Å². The van der Waals surface area contributed by atoms with E-state index >= 15 is 0 Å². The number of aromatic nitrogens is 1. The van der Waals surface area contributed by atoms with E-state index in [1.54, 1.807) is 0 Å². The molecular formula is C14H16N2. The molecule has 0 amide bonds. The van der Waals surface area contributed by atoms with Gasteiger partial charge in [0.25, 0.3) is 0 Å². The lowest BCUT2D eigenvalue weighted by atomic mass is 10.1. The molecule has 0 aliphatic rings. The van der Waals surface area contributed by atoms with Crippen LogP contribution in [0.25, 0.3) is 11.3 Å². The Morgan fingerprint density at radius 1 is 1.06 bits per heavy atom. The summed E-state index contributed by atoms with van der Waals surface area (Å²) in [6.45, 7) is 2.71. The first-order valence-corrected chi connectivity index (χ1v) is 5.57. The molecule has 0 aliphatic carbocycles. The molecule has 82 valence electrons. The van der Waals surface area contributed by atoms with Crippen LogP contribution in [0.15, 0.2) is 42.6 Å². The van der Waals surface area contributed by atoms with Gasteiger partial charge in [-0.15, -0.1) is 0 Å². The largest absolute Gasteiger partial charge is 0.326 e. The van der Waals surface area contributed by atoms with Crippen LogP contribution >= 0.6 is 0 Å². The Morgan fingerprint density at radius 2 is 1.81 bits per heavy atom. The number of nitrogens with zero attached hydrogens (tertiary/aromatic N) is 1. The first-order valence-electron chi connectivity index (χ1n) is 5.57. The Balaban J connectivity index is 2.34. The molecule has 0 aliphatic heterocycles. The second-order valence-corrected chi connectivity index (χ2v) is 3.80. The Hall–Kier alpha value is -1.67. The molecule has 0 saturated heterocycles. The SMILES string of the molecule is CCc1ccc(-c2cc(CN)ccn2)cc1. The first kappa shape index (κ1) is 10.8. The zero-order valence-electron chi connectivity index (χ0n) is 9.48. The fourth-order valence-corrected chi connectivity index (χ4v) is 1.67. The number of hydrogen-bond acceptors (Lipinski definition) is 2. The average Bonchev–Trinajstić information content (AvgIpc) is 2.39. The van der Waals surface area contributed by atoms with Crippen molar-refractivity contribution in [2.75, 3.05) is 0 Å². The molecule has 0 radical (unpaired) electrons. The van der Waals surface area contributed by atoms with Crippen molar-refractivity contribution in [1.82, 2.24) is 4.98 Å². The number of pyridine rings is 1. The summed E-state index contributed by atoms with van der Waals surface area (Å²) in [4.78, 5) is 4.36. The summed E-state index contributed by atoms with van der Waals surface area (Å²) < 4.78 is 0. The maximum Gasteiger partial charge on any atom is 0.0705 e. The maximum atomic E-state index is 5.61. The third-order valence-corrected chi connectivity index (χ3v) is 2.72. The molecule has 2 N–H and O–H groups in total. The van der Waals surface area contributed by atoms with Crippen molar-refractivity contribution in [3.63, 3.8) is 0 Å². The van der Waals surface area contributed by atoms with Gasteiger partial charge in [0.15, 0.2) is 0 Å². The average molecular weight is 212 g/mol. The summed E-state index contributed by atoms with van der Waals surface area (Å²) in [7, 11) is 0. The van der Waals surface area contributed by atoms with Gasteiger partial charge in [0.1, 0.15) is 0 Å². The molecule has 1 heterocycles. The molecule has 1 aromatic carbocycles. The van der Waals surface area contributed by atoms with Gasteiger partial charge in [-0.05, 0) is 29.7 Å². The molecule has 2 aromatic rings. The Kier molecular flexibility index (Phi) is 3.32. The van der Waals surface area contributed by atoms with Gasteiger partial charge in [-0.2, -0.15) is 0 Å². The second-order valence-electron chi connectivity index (χ2n) is 3.80. The van der Waals surface area contributed by atoms with Crippen molar-refractivity contribution in [3.8, 4) is 11.3 Å². The van der Waals surface area contributed by atoms with Crippen LogP contribution < -0.4 is 5.73 Å². The van der Waals surface area contributed by atoms with Gasteiger partial charge in [0, 0.05) is 18.3 Å². The van der Waals surface area contributed by atoms with E-state index in [0.717, 1.165) is 23.2 Å². The predicted molar refractivity (Wildman–Crippen MR) is 66.9 cm³/mol. The van der Waals surface area contributed by atoms with Gasteiger partial charge in [0.05, 0.1) is 5.69 Å². The molecule has 0 saturated carbocycles. The van der Waals surface area contributed by atoms with E-state index in [1.807, 2.05) is 18.3 Å². The van der Waals surface area contributed by atoms with Crippen LogP contribution in [0.3, 0.4) is 0 Å². The van der Waals surface area contributed by atoms with Crippen LogP contribution in [0.1, 0.15) is 18.1 Å². The van der Waals surface area contributed by atoms with Crippen molar-refractivity contribution in [2.24, 2.45) is 5.73 Å². The molecule has 2 nitrogen and oxygen atoms in total. The van der Waals surface area contributed by atoms with E-state index in [0.29, 0.717) is 6.54 Å². The topological polar surface area (TPSA) is 38.9 Å². The van der Waals surface area contributed by atoms with Crippen molar-refractivity contribution in [1.29, 1.82) is 0 Å². The van der Waals surface area contributed by atoms with E-state index in [-0.39, 0.29) is 0 Å². The number of benzene rings is 1. The normalized spacial score (nSPS) is 10.4. The van der Waals surface area contributed by atoms with Crippen LogP contribution in [0.4, 0.5) is 0 Å². The number of nitrogens with two attached hydrogens (primary N) is 1. The van der Waals surface area contributed by atoms with Crippen molar-refractivity contribution >= 4 is 0 Å². The minimum Gasteiger partial charge on any atom is -0.326 e. The van der Waals surface area contributed by atoms with Crippen LogP contribution in [0, 0.1) is 0 Å². The monoisotopic (exact) mass is 212 g/mol. The molecular weight excluding hydrogens is 196 g/mol. The Bertz CT molecular complexity index is 460. The zero-order valence-corrected chi connectivity index (χ0v) is 9.48. The highest BCUT2D eigenvalue weighted by Gasteiger charge is 2.00. The summed E-state index contributed by atoms with van der Waals surface area (Å²) >= 11 is 0. The summed E-state index contributed by atoms with van der Waals surface area (Å²) in [5, 5.41) is 0. The minimum absolute atomic E-state index is 0.558. The van der Waals surface area contributed by atoms with Gasteiger partial charge in [-0.1, -0.05) is 31.2 Å². The Labute approximate surface area is 96.1 Å². The van der Waals surface area contributed by atoms with Gasteiger partial charge < -0.3 is 5.73 Å². The molecule has 0 spiro atoms. The predicted octanol–water partition coefficient (Wildman–Crippen LogP) is 2.77. The quantitative estimate of drug-likeness (QED) is 0.849. The lowest BCUT2D eigenvalue weighted by Gasteiger charge is -2.04. The summed E-state index contributed by atoms with van der Waals surface area (Å²) in [5.74, 6) is 0. The van der Waals surface area contributed by atoms with Gasteiger partial charge >= 0.3 is 0 Å². The summed E-state index contributed by atoms with van der Waals surface area (Å²) in [6.07, 6.45) is 2.88. The summed E-state index contributed by atoms with van der Waals surface area (Å²) in [5.41, 5.74) is 10.2. The molecule has 0 unspecified atom stereocenters. The molecule has 2 rings (SSSR count). The minimum atomic E-state index is 0.558. The third-order valence-electron chi connectivity index (χ3n) is 2.72. The fraction of sp³-hybridized carbons (Fsp3) is 0.214. The van der Waals surface area contributed by atoms with Crippen LogP contribution in [0.5, 0.6) is 0 Å². The van der Waals surface area contributed by atoms with E-state index in [4.69, 9.17) is 5.73 Å². The van der Waals surface area contributed by atoms with Crippen LogP contribution in [-0.2, 0) is 13.0 Å². The standard InChI is InChI=1S/C14H16N2/c1-2-11-3-5-13(6-4-11)14-9-12(10-15)7-8-16-14/h3-9H,2,10,15H2,1H3. The smallest absolute Gasteiger partial charge is 0.0705 e. The maximum absolute atomic E-state index is 5.61. The molecule has 16 heavy (non-hydrogen) atoms. The van der Waals surface area contributed by atoms with E-state index in [9.17, 15) is 0 Å². The highest BCUT2D eigenvalue weighted by atomic mass is 14.7. The molecule has 2 heteroatoms. The van der Waals surface area contributed by atoms with Gasteiger partial charge in [-0.25, -0.2) is 0 Å². The molecule has 1 aromatic heterocycles. The second kappa shape index (κ2) is 4.90. The van der Waals surface area contributed by atoms with Crippen molar-refractivity contribution in [2.45, 2.75) is 19.9 Å². The molecule has 0 atom stereocenters. The first-order chi connectivity index (χ1) is 7.83. The summed E-state index contributed by atoms with van der Waals surface area (Å²) in [6, 6.07) is 12.5. The van der Waals surface area contributed by atoms with Gasteiger partial charge in [-0.3, -0.25) is 4.98 Å². The van der Waals surface area contributed by atoms with Gasteiger partial charge in [0.2, 0.25) is 0 Å². The van der Waals surface area contributed by atoms with E-state index in [2.05, 4.69) is 36.2 Å². The zero-order chi connectivity index (χ0) is 11.4. The lowest BCUT2D eigenvalue weighted by molar-refractivity contribution is 1.06. The highest BCUT2D eigenvalue weighted by molar-refractivity contribution is 5.60. The highest BCUT2D eigenvalue weighted by Crippen LogP contribution is 2.18. The lowest BCUT2D eigenvalue weighted by Crippen LogP contribution is -1.97. The third kappa shape index (κ3) is 2.28. The fourth-order valence-electron chi connectivity index (χ4n) is 1.67. The molecule has 0 fully saturated rings. The number of hydrogen-bond donors (Lipinski definition) is 1. The van der Waals surface area contributed by atoms with E-state index < -0.39 is 0 Å².